The average molecular weight is 494 g/mol. The van der Waals surface area contributed by atoms with Gasteiger partial charge < -0.3 is 5.32 Å². The first-order valence-electron chi connectivity index (χ1n) is 10.4. The summed E-state index contributed by atoms with van der Waals surface area (Å²) in [6.45, 7) is 3.14. The van der Waals surface area contributed by atoms with Crippen molar-refractivity contribution in [2.75, 3.05) is 18.4 Å². The number of carbonyl (C=O) groups excluding carboxylic acids is 1. The van der Waals surface area contributed by atoms with E-state index in [1.807, 2.05) is 19.1 Å². The van der Waals surface area contributed by atoms with Crippen molar-refractivity contribution in [3.05, 3.63) is 62.7 Å². The number of hydrogen-bond donors (Lipinski definition) is 1. The first-order chi connectivity index (χ1) is 15.3. The van der Waals surface area contributed by atoms with Crippen molar-refractivity contribution in [2.24, 2.45) is 5.92 Å². The molecule has 4 rings (SSSR count). The van der Waals surface area contributed by atoms with Crippen LogP contribution in [0.15, 0.2) is 47.3 Å². The van der Waals surface area contributed by atoms with Crippen molar-refractivity contribution in [1.29, 1.82) is 0 Å². The van der Waals surface area contributed by atoms with Crippen molar-refractivity contribution in [3.8, 4) is 0 Å². The fourth-order valence-electron chi connectivity index (χ4n) is 4.01. The molecule has 1 saturated heterocycles. The monoisotopic (exact) mass is 493 g/mol. The third-order valence-electron chi connectivity index (χ3n) is 5.71. The van der Waals surface area contributed by atoms with Gasteiger partial charge in [-0.15, -0.1) is 0 Å². The Bertz CT molecular complexity index is 1310. The summed E-state index contributed by atoms with van der Waals surface area (Å²) >= 11 is 7.12. The van der Waals surface area contributed by atoms with Crippen LogP contribution in [0.4, 0.5) is 5.69 Å². The number of piperidine rings is 1. The standard InChI is InChI=1S/C22H24ClN3O4S2/c1-2-26-19-7-6-18(13-20(19)31-22(26)28)24-21(27)16-8-10-25(11-9-16)32(29,30)14-15-4-3-5-17(23)12-15/h3-7,12-13,16H,2,8-11,14H2,1H3,(H,24,27). The molecule has 1 amide bonds. The van der Waals surface area contributed by atoms with Gasteiger partial charge in [0.05, 0.1) is 16.0 Å². The molecule has 0 bridgehead atoms. The van der Waals surface area contributed by atoms with Crippen LogP contribution in [0.2, 0.25) is 5.02 Å². The highest BCUT2D eigenvalue weighted by molar-refractivity contribution is 7.88. The Balaban J connectivity index is 1.37. The van der Waals surface area contributed by atoms with Gasteiger partial charge >= 0.3 is 4.87 Å². The van der Waals surface area contributed by atoms with E-state index < -0.39 is 10.0 Å². The number of aromatic nitrogens is 1. The number of hydrogen-bond acceptors (Lipinski definition) is 5. The van der Waals surface area contributed by atoms with Gasteiger partial charge in [0.2, 0.25) is 15.9 Å². The van der Waals surface area contributed by atoms with Gasteiger partial charge in [-0.05, 0) is 55.7 Å². The van der Waals surface area contributed by atoms with Crippen molar-refractivity contribution < 1.29 is 13.2 Å². The molecule has 0 atom stereocenters. The molecule has 7 nitrogen and oxygen atoms in total. The Hall–Kier alpha value is -2.20. The Morgan fingerprint density at radius 2 is 1.94 bits per heavy atom. The number of halogens is 1. The molecular weight excluding hydrogens is 470 g/mol. The molecule has 0 saturated carbocycles. The topological polar surface area (TPSA) is 88.5 Å². The molecule has 1 aliphatic heterocycles. The van der Waals surface area contributed by atoms with E-state index in [2.05, 4.69) is 5.32 Å². The fraction of sp³-hybridized carbons (Fsp3) is 0.364. The molecule has 2 aromatic carbocycles. The Labute approximate surface area is 195 Å². The third-order valence-corrected chi connectivity index (χ3v) is 8.74. The van der Waals surface area contributed by atoms with Crippen LogP contribution in [0.3, 0.4) is 0 Å². The van der Waals surface area contributed by atoms with E-state index in [4.69, 9.17) is 11.6 Å². The minimum absolute atomic E-state index is 0.0164. The SMILES string of the molecule is CCn1c(=O)sc2cc(NC(=O)C3CCN(S(=O)(=O)Cc4cccc(Cl)c4)CC3)ccc21. The van der Waals surface area contributed by atoms with Gasteiger partial charge in [0.25, 0.3) is 0 Å². The molecule has 1 fully saturated rings. The van der Waals surface area contributed by atoms with Crippen molar-refractivity contribution in [1.82, 2.24) is 8.87 Å². The largest absolute Gasteiger partial charge is 0.326 e. The van der Waals surface area contributed by atoms with Crippen molar-refractivity contribution >= 4 is 54.8 Å². The molecule has 0 spiro atoms. The van der Waals surface area contributed by atoms with Crippen LogP contribution < -0.4 is 10.2 Å². The minimum Gasteiger partial charge on any atom is -0.326 e. The second-order valence-electron chi connectivity index (χ2n) is 7.84. The van der Waals surface area contributed by atoms with Crippen molar-refractivity contribution in [2.45, 2.75) is 32.1 Å². The second-order valence-corrected chi connectivity index (χ2v) is 11.2. The minimum atomic E-state index is -3.48. The highest BCUT2D eigenvalue weighted by atomic mass is 35.5. The molecule has 0 aliphatic carbocycles. The summed E-state index contributed by atoms with van der Waals surface area (Å²) in [4.78, 5) is 24.8. The lowest BCUT2D eigenvalue weighted by Gasteiger charge is -2.30. The van der Waals surface area contributed by atoms with E-state index in [0.717, 1.165) is 21.6 Å². The number of anilines is 1. The van der Waals surface area contributed by atoms with Gasteiger partial charge in [-0.25, -0.2) is 12.7 Å². The normalized spacial score (nSPS) is 15.8. The fourth-order valence-corrected chi connectivity index (χ4v) is 6.77. The van der Waals surface area contributed by atoms with Gasteiger partial charge in [0.15, 0.2) is 0 Å². The molecule has 3 aromatic rings. The number of aryl methyl sites for hydroxylation is 1. The Morgan fingerprint density at radius 3 is 2.62 bits per heavy atom. The Morgan fingerprint density at radius 1 is 1.19 bits per heavy atom. The highest BCUT2D eigenvalue weighted by Gasteiger charge is 2.31. The lowest BCUT2D eigenvalue weighted by Crippen LogP contribution is -2.41. The zero-order chi connectivity index (χ0) is 22.9. The van der Waals surface area contributed by atoms with E-state index in [9.17, 15) is 18.0 Å². The van der Waals surface area contributed by atoms with Gasteiger partial charge in [-0.1, -0.05) is 35.1 Å². The van der Waals surface area contributed by atoms with Gasteiger partial charge in [-0.2, -0.15) is 0 Å². The summed E-state index contributed by atoms with van der Waals surface area (Å²) < 4.78 is 29.5. The second kappa shape index (κ2) is 9.35. The van der Waals surface area contributed by atoms with Crippen LogP contribution in [0.25, 0.3) is 10.2 Å². The molecule has 0 radical (unpaired) electrons. The lowest BCUT2D eigenvalue weighted by atomic mass is 9.97. The van der Waals surface area contributed by atoms with E-state index in [1.54, 1.807) is 34.9 Å². The molecule has 1 aliphatic rings. The van der Waals surface area contributed by atoms with Crippen LogP contribution in [-0.4, -0.2) is 36.3 Å². The molecule has 1 aromatic heterocycles. The van der Waals surface area contributed by atoms with E-state index in [0.29, 0.717) is 48.7 Å². The highest BCUT2D eigenvalue weighted by Crippen LogP contribution is 2.26. The van der Waals surface area contributed by atoms with E-state index in [1.165, 1.54) is 4.31 Å². The number of carbonyl (C=O) groups is 1. The summed E-state index contributed by atoms with van der Waals surface area (Å²) in [6, 6.07) is 12.3. The third kappa shape index (κ3) is 4.91. The predicted molar refractivity (Wildman–Crippen MR) is 129 cm³/mol. The van der Waals surface area contributed by atoms with Crippen LogP contribution in [-0.2, 0) is 27.1 Å². The first-order valence-corrected chi connectivity index (χ1v) is 13.2. The summed E-state index contributed by atoms with van der Waals surface area (Å²) in [5, 5.41) is 3.43. The van der Waals surface area contributed by atoms with Gasteiger partial charge in [0, 0.05) is 36.3 Å². The molecular formula is C22H24ClN3O4S2. The molecule has 2 heterocycles. The number of nitrogens with zero attached hydrogens (tertiary/aromatic N) is 2. The molecule has 1 N–H and O–H groups in total. The number of benzene rings is 2. The zero-order valence-electron chi connectivity index (χ0n) is 17.6. The van der Waals surface area contributed by atoms with E-state index >= 15 is 0 Å². The predicted octanol–water partition coefficient (Wildman–Crippen LogP) is 3.92. The number of rotatable bonds is 6. The average Bonchev–Trinajstić information content (AvgIpc) is 3.07. The summed E-state index contributed by atoms with van der Waals surface area (Å²) in [7, 11) is -3.48. The number of fused-ring (bicyclic) bond motifs is 1. The summed E-state index contributed by atoms with van der Waals surface area (Å²) in [6.07, 6.45) is 0.921. The number of sulfonamides is 1. The van der Waals surface area contributed by atoms with E-state index in [-0.39, 0.29) is 22.5 Å². The Kier molecular flexibility index (Phi) is 6.71. The number of nitrogens with one attached hydrogen (secondary N) is 1. The number of thiazole rings is 1. The van der Waals surface area contributed by atoms with Crippen LogP contribution in [0, 0.1) is 5.92 Å². The van der Waals surface area contributed by atoms with Crippen LogP contribution in [0.5, 0.6) is 0 Å². The molecule has 10 heteroatoms. The van der Waals surface area contributed by atoms with Crippen molar-refractivity contribution in [3.63, 3.8) is 0 Å². The number of amides is 1. The van der Waals surface area contributed by atoms with Gasteiger partial charge in [-0.3, -0.25) is 14.2 Å². The molecule has 0 unspecified atom stereocenters. The summed E-state index contributed by atoms with van der Waals surface area (Å²) in [5.41, 5.74) is 2.15. The maximum atomic E-state index is 12.8. The molecule has 170 valence electrons. The smallest absolute Gasteiger partial charge is 0.308 e. The van der Waals surface area contributed by atoms with Gasteiger partial charge in [0.1, 0.15) is 0 Å². The maximum absolute atomic E-state index is 12.8. The lowest BCUT2D eigenvalue weighted by molar-refractivity contribution is -0.120. The van der Waals surface area contributed by atoms with Crippen LogP contribution >= 0.6 is 22.9 Å². The van der Waals surface area contributed by atoms with Crippen LogP contribution in [0.1, 0.15) is 25.3 Å². The molecule has 32 heavy (non-hydrogen) atoms. The summed E-state index contributed by atoms with van der Waals surface area (Å²) in [5.74, 6) is -0.495. The quantitative estimate of drug-likeness (QED) is 0.563. The zero-order valence-corrected chi connectivity index (χ0v) is 20.0. The maximum Gasteiger partial charge on any atom is 0.308 e. The first kappa shape index (κ1) is 23.0.